The first-order valence-electron chi connectivity index (χ1n) is 3.47. The Kier molecular flexibility index (Phi) is 1.25. The van der Waals surface area contributed by atoms with Gasteiger partial charge in [0.25, 0.3) is 0 Å². The van der Waals surface area contributed by atoms with Crippen molar-refractivity contribution in [3.63, 3.8) is 0 Å². The second kappa shape index (κ2) is 2.12. The van der Waals surface area contributed by atoms with E-state index in [1.54, 1.807) is 0 Å². The third kappa shape index (κ3) is 0.927. The predicted octanol–water partition coefficient (Wildman–Crippen LogP) is 0.665. The highest BCUT2D eigenvalue weighted by Crippen LogP contribution is 2.11. The van der Waals surface area contributed by atoms with E-state index >= 15 is 0 Å². The van der Waals surface area contributed by atoms with Crippen LogP contribution in [0, 0.1) is 6.92 Å². The van der Waals surface area contributed by atoms with Gasteiger partial charge in [0, 0.05) is 11.1 Å². The van der Waals surface area contributed by atoms with Crippen LogP contribution in [0.4, 0.5) is 0 Å². The van der Waals surface area contributed by atoms with E-state index in [1.807, 2.05) is 25.1 Å². The van der Waals surface area contributed by atoms with Gasteiger partial charge < -0.3 is 0 Å². The first-order chi connectivity index (χ1) is 5.27. The Bertz CT molecular complexity index is 392. The maximum Gasteiger partial charge on any atom is 0.113 e. The van der Waals surface area contributed by atoms with Crippen molar-refractivity contribution in [3.05, 3.63) is 23.9 Å². The van der Waals surface area contributed by atoms with Gasteiger partial charge in [0.15, 0.2) is 0 Å². The van der Waals surface area contributed by atoms with E-state index in [-0.39, 0.29) is 0 Å². The second-order valence-electron chi connectivity index (χ2n) is 2.63. The second-order valence-corrected chi connectivity index (χ2v) is 2.63. The topological polar surface area (TPSA) is 28.7 Å². The van der Waals surface area contributed by atoms with E-state index in [2.05, 4.69) is 10.2 Å². The molecule has 0 amide bonds. The SMILES string of the molecule is [B]c1ccc2c(C)[nH]nc2c1. The molecule has 0 bridgehead atoms. The lowest BCUT2D eigenvalue weighted by molar-refractivity contribution is 1.07. The lowest BCUT2D eigenvalue weighted by atomic mass is 9.95. The largest absolute Gasteiger partial charge is 0.282 e. The molecule has 0 unspecified atom stereocenters. The van der Waals surface area contributed by atoms with Crippen LogP contribution in [-0.4, -0.2) is 18.0 Å². The quantitative estimate of drug-likeness (QED) is 0.538. The molecule has 0 aliphatic rings. The molecule has 3 heteroatoms. The smallest absolute Gasteiger partial charge is 0.113 e. The number of hydrogen-bond acceptors (Lipinski definition) is 1. The third-order valence-electron chi connectivity index (χ3n) is 1.77. The molecule has 1 heterocycles. The highest BCUT2D eigenvalue weighted by molar-refractivity contribution is 6.33. The van der Waals surface area contributed by atoms with Gasteiger partial charge in [-0.2, -0.15) is 5.10 Å². The van der Waals surface area contributed by atoms with Crippen LogP contribution in [-0.2, 0) is 0 Å². The number of aromatic amines is 1. The minimum atomic E-state index is 0.754. The fraction of sp³-hybridized carbons (Fsp3) is 0.125. The van der Waals surface area contributed by atoms with Gasteiger partial charge in [-0.3, -0.25) is 5.10 Å². The molecule has 0 atom stereocenters. The molecule has 0 fully saturated rings. The summed E-state index contributed by atoms with van der Waals surface area (Å²) >= 11 is 0. The monoisotopic (exact) mass is 142 g/mol. The van der Waals surface area contributed by atoms with E-state index in [0.29, 0.717) is 0 Å². The first kappa shape index (κ1) is 6.46. The molecule has 1 N–H and O–H groups in total. The fourth-order valence-corrected chi connectivity index (χ4v) is 1.16. The van der Waals surface area contributed by atoms with Gasteiger partial charge in [-0.15, -0.1) is 0 Å². The van der Waals surface area contributed by atoms with Crippen molar-refractivity contribution in [1.82, 2.24) is 10.2 Å². The number of aromatic nitrogens is 2. The molecular weight excluding hydrogens is 135 g/mol. The van der Waals surface area contributed by atoms with Crippen molar-refractivity contribution < 1.29 is 0 Å². The number of hydrogen-bond donors (Lipinski definition) is 1. The zero-order valence-electron chi connectivity index (χ0n) is 6.26. The molecule has 0 saturated heterocycles. The summed E-state index contributed by atoms with van der Waals surface area (Å²) < 4.78 is 0. The van der Waals surface area contributed by atoms with Crippen LogP contribution in [0.2, 0.25) is 0 Å². The van der Waals surface area contributed by atoms with Gasteiger partial charge in [-0.1, -0.05) is 17.6 Å². The molecule has 11 heavy (non-hydrogen) atoms. The molecule has 0 saturated carbocycles. The number of rotatable bonds is 0. The summed E-state index contributed by atoms with van der Waals surface area (Å²) in [4.78, 5) is 0. The van der Waals surface area contributed by atoms with Crippen molar-refractivity contribution in [2.75, 3.05) is 0 Å². The van der Waals surface area contributed by atoms with Crippen LogP contribution >= 0.6 is 0 Å². The highest BCUT2D eigenvalue weighted by Gasteiger charge is 1.98. The lowest BCUT2D eigenvalue weighted by Crippen LogP contribution is -1.99. The van der Waals surface area contributed by atoms with Crippen molar-refractivity contribution >= 4 is 24.2 Å². The summed E-state index contributed by atoms with van der Waals surface area (Å²) in [5.74, 6) is 0. The van der Waals surface area contributed by atoms with Crippen molar-refractivity contribution in [2.45, 2.75) is 6.92 Å². The molecule has 2 aromatic rings. The Morgan fingerprint density at radius 2 is 2.27 bits per heavy atom. The van der Waals surface area contributed by atoms with Crippen LogP contribution in [0.1, 0.15) is 5.69 Å². The molecule has 52 valence electrons. The number of nitrogens with one attached hydrogen (secondary N) is 1. The molecule has 0 aliphatic heterocycles. The molecule has 1 aromatic carbocycles. The normalized spacial score (nSPS) is 10.6. The predicted molar refractivity (Wildman–Crippen MR) is 46.2 cm³/mol. The van der Waals surface area contributed by atoms with Crippen LogP contribution in [0.15, 0.2) is 18.2 Å². The number of aryl methyl sites for hydroxylation is 1. The Morgan fingerprint density at radius 3 is 3.09 bits per heavy atom. The van der Waals surface area contributed by atoms with E-state index in [4.69, 9.17) is 7.85 Å². The Labute approximate surface area is 66.0 Å². The minimum Gasteiger partial charge on any atom is -0.282 e. The molecule has 2 nitrogen and oxygen atoms in total. The van der Waals surface area contributed by atoms with Gasteiger partial charge in [0.05, 0.1) is 5.52 Å². The summed E-state index contributed by atoms with van der Waals surface area (Å²) in [5.41, 5.74) is 2.77. The number of benzene rings is 1. The fourth-order valence-electron chi connectivity index (χ4n) is 1.16. The number of H-pyrrole nitrogens is 1. The van der Waals surface area contributed by atoms with Crippen LogP contribution < -0.4 is 5.46 Å². The van der Waals surface area contributed by atoms with E-state index in [9.17, 15) is 0 Å². The summed E-state index contributed by atoms with van der Waals surface area (Å²) in [6.07, 6.45) is 0. The van der Waals surface area contributed by atoms with Crippen molar-refractivity contribution in [3.8, 4) is 0 Å². The van der Waals surface area contributed by atoms with E-state index in [0.717, 1.165) is 22.1 Å². The van der Waals surface area contributed by atoms with Gasteiger partial charge in [0.2, 0.25) is 0 Å². The zero-order chi connectivity index (χ0) is 7.84. The Hall–Kier alpha value is -1.25. The summed E-state index contributed by atoms with van der Waals surface area (Å²) in [5, 5.41) is 8.11. The van der Waals surface area contributed by atoms with Gasteiger partial charge in [-0.25, -0.2) is 0 Å². The van der Waals surface area contributed by atoms with Crippen LogP contribution in [0.25, 0.3) is 10.9 Å². The third-order valence-corrected chi connectivity index (χ3v) is 1.77. The highest BCUT2D eigenvalue weighted by atomic mass is 15.1. The zero-order valence-corrected chi connectivity index (χ0v) is 6.26. The van der Waals surface area contributed by atoms with Gasteiger partial charge >= 0.3 is 0 Å². The van der Waals surface area contributed by atoms with Crippen molar-refractivity contribution in [2.24, 2.45) is 0 Å². The summed E-state index contributed by atoms with van der Waals surface area (Å²) in [6.45, 7) is 1.99. The first-order valence-corrected chi connectivity index (χ1v) is 3.47. The Morgan fingerprint density at radius 1 is 1.45 bits per heavy atom. The summed E-state index contributed by atoms with van der Waals surface area (Å²) in [7, 11) is 5.58. The molecule has 2 rings (SSSR count). The molecule has 1 aromatic heterocycles. The maximum absolute atomic E-state index is 5.58. The standard InChI is InChI=1S/C8H7BN2/c1-5-7-3-2-6(9)4-8(7)11-10-5/h2-4H,1H3,(H,10,11). The van der Waals surface area contributed by atoms with Crippen LogP contribution in [0.5, 0.6) is 0 Å². The van der Waals surface area contributed by atoms with Gasteiger partial charge in [-0.05, 0) is 13.0 Å². The number of nitrogens with zero attached hydrogens (tertiary/aromatic N) is 1. The van der Waals surface area contributed by atoms with E-state index < -0.39 is 0 Å². The molecule has 2 radical (unpaired) electrons. The molecular formula is C8H7BN2. The van der Waals surface area contributed by atoms with Crippen LogP contribution in [0.3, 0.4) is 0 Å². The Balaban J connectivity index is 2.86. The van der Waals surface area contributed by atoms with Gasteiger partial charge in [0.1, 0.15) is 7.85 Å². The average molecular weight is 142 g/mol. The lowest BCUT2D eigenvalue weighted by Gasteiger charge is -1.90. The minimum absolute atomic E-state index is 0.754. The average Bonchev–Trinajstić information content (AvgIpc) is 2.32. The molecule has 0 aliphatic carbocycles. The molecule has 0 spiro atoms. The van der Waals surface area contributed by atoms with E-state index in [1.165, 1.54) is 0 Å². The number of fused-ring (bicyclic) bond motifs is 1. The van der Waals surface area contributed by atoms with Crippen molar-refractivity contribution in [1.29, 1.82) is 0 Å². The summed E-state index contributed by atoms with van der Waals surface area (Å²) in [6, 6.07) is 5.72. The maximum atomic E-state index is 5.58.